The standard InChI is InChI=1S/C36H41NO4/c1-2-7-31-22-28(12-13-29(31)6-1)25-41-36-23-37-19-18-34(36)30-14-16-33(17-15-30)39-21-5-20-38-26-32-8-3-4-9-35(32)40-24-27-10-11-27/h1-4,6-9,12-17,22,27,34,36-37H,5,10-11,18-21,23-26H2. The average molecular weight is 552 g/mol. The number of ether oxygens (including phenoxy) is 4. The SMILES string of the molecule is c1ccc(OCC2CC2)c(COCCCOc2ccc(C3CCNCC3OCc3ccc4ccccc4c3)cc2)c1. The highest BCUT2D eigenvalue weighted by Gasteiger charge is 2.27. The van der Waals surface area contributed by atoms with Crippen molar-refractivity contribution in [3.63, 3.8) is 0 Å². The molecule has 4 aromatic rings. The van der Waals surface area contributed by atoms with Gasteiger partial charge in [0.1, 0.15) is 11.5 Å². The van der Waals surface area contributed by atoms with E-state index >= 15 is 0 Å². The molecule has 1 saturated heterocycles. The molecule has 6 rings (SSSR count). The highest BCUT2D eigenvalue weighted by molar-refractivity contribution is 5.82. The Morgan fingerprint density at radius 1 is 0.732 bits per heavy atom. The van der Waals surface area contributed by atoms with Gasteiger partial charge in [0.25, 0.3) is 0 Å². The van der Waals surface area contributed by atoms with Crippen molar-refractivity contribution in [3.8, 4) is 11.5 Å². The quantitative estimate of drug-likeness (QED) is 0.167. The lowest BCUT2D eigenvalue weighted by Gasteiger charge is -2.32. The van der Waals surface area contributed by atoms with Crippen molar-refractivity contribution in [1.29, 1.82) is 0 Å². The minimum atomic E-state index is 0.142. The number of fused-ring (bicyclic) bond motifs is 1. The number of benzene rings is 4. The van der Waals surface area contributed by atoms with E-state index in [1.807, 2.05) is 18.2 Å². The first kappa shape index (κ1) is 27.8. The number of hydrogen-bond donors (Lipinski definition) is 1. The Kier molecular flexibility index (Phi) is 9.48. The zero-order chi connectivity index (χ0) is 27.7. The maximum atomic E-state index is 6.47. The van der Waals surface area contributed by atoms with Gasteiger partial charge in [0.15, 0.2) is 0 Å². The van der Waals surface area contributed by atoms with E-state index in [4.69, 9.17) is 18.9 Å². The predicted octanol–water partition coefficient (Wildman–Crippen LogP) is 7.28. The molecule has 5 nitrogen and oxygen atoms in total. The van der Waals surface area contributed by atoms with Gasteiger partial charge in [-0.1, -0.05) is 66.7 Å². The van der Waals surface area contributed by atoms with Gasteiger partial charge < -0.3 is 24.3 Å². The van der Waals surface area contributed by atoms with E-state index in [-0.39, 0.29) is 6.10 Å². The van der Waals surface area contributed by atoms with Gasteiger partial charge in [0.2, 0.25) is 0 Å². The molecule has 2 aliphatic rings. The van der Waals surface area contributed by atoms with E-state index in [9.17, 15) is 0 Å². The van der Waals surface area contributed by atoms with Gasteiger partial charge in [-0.25, -0.2) is 0 Å². The Balaban J connectivity index is 0.936. The van der Waals surface area contributed by atoms with Crippen LogP contribution in [-0.2, 0) is 22.7 Å². The van der Waals surface area contributed by atoms with Gasteiger partial charge >= 0.3 is 0 Å². The number of hydrogen-bond acceptors (Lipinski definition) is 5. The molecule has 5 heteroatoms. The summed E-state index contributed by atoms with van der Waals surface area (Å²) < 4.78 is 24.4. The van der Waals surface area contributed by atoms with Crippen molar-refractivity contribution in [1.82, 2.24) is 5.32 Å². The Bertz CT molecular complexity index is 1380. The van der Waals surface area contributed by atoms with Crippen LogP contribution in [0, 0.1) is 5.92 Å². The molecule has 2 fully saturated rings. The molecule has 4 aromatic carbocycles. The zero-order valence-electron chi connectivity index (χ0n) is 23.8. The topological polar surface area (TPSA) is 49.0 Å². The summed E-state index contributed by atoms with van der Waals surface area (Å²) in [4.78, 5) is 0. The fourth-order valence-corrected chi connectivity index (χ4v) is 5.52. The van der Waals surface area contributed by atoms with Gasteiger partial charge in [-0.05, 0) is 77.9 Å². The second-order valence-corrected chi connectivity index (χ2v) is 11.3. The van der Waals surface area contributed by atoms with Crippen molar-refractivity contribution in [3.05, 3.63) is 108 Å². The van der Waals surface area contributed by atoms with E-state index < -0.39 is 0 Å². The molecule has 0 spiro atoms. The van der Waals surface area contributed by atoms with Crippen LogP contribution in [0.25, 0.3) is 10.8 Å². The summed E-state index contributed by atoms with van der Waals surface area (Å²) >= 11 is 0. The maximum Gasteiger partial charge on any atom is 0.124 e. The molecule has 2 atom stereocenters. The smallest absolute Gasteiger partial charge is 0.124 e. The van der Waals surface area contributed by atoms with Crippen LogP contribution in [0.3, 0.4) is 0 Å². The Morgan fingerprint density at radius 2 is 1.56 bits per heavy atom. The first-order valence-electron chi connectivity index (χ1n) is 15.1. The number of para-hydroxylation sites is 1. The van der Waals surface area contributed by atoms with Crippen LogP contribution >= 0.6 is 0 Å². The molecule has 0 aromatic heterocycles. The number of piperidine rings is 1. The minimum Gasteiger partial charge on any atom is -0.494 e. The third-order valence-electron chi connectivity index (χ3n) is 8.12. The summed E-state index contributed by atoms with van der Waals surface area (Å²) in [7, 11) is 0. The van der Waals surface area contributed by atoms with Crippen LogP contribution in [0.5, 0.6) is 11.5 Å². The molecule has 1 heterocycles. The van der Waals surface area contributed by atoms with Crippen LogP contribution < -0.4 is 14.8 Å². The summed E-state index contributed by atoms with van der Waals surface area (Å²) in [6, 6.07) is 31.8. The molecule has 0 amide bonds. The van der Waals surface area contributed by atoms with E-state index in [0.717, 1.165) is 55.5 Å². The fourth-order valence-electron chi connectivity index (χ4n) is 5.52. The summed E-state index contributed by atoms with van der Waals surface area (Å²) in [6.07, 6.45) is 4.63. The molecule has 2 unspecified atom stereocenters. The molecule has 1 N–H and O–H groups in total. The summed E-state index contributed by atoms with van der Waals surface area (Å²) in [5, 5.41) is 6.03. The molecule has 0 radical (unpaired) electrons. The van der Waals surface area contributed by atoms with E-state index in [1.54, 1.807) is 0 Å². The van der Waals surface area contributed by atoms with E-state index in [2.05, 4.69) is 78.1 Å². The van der Waals surface area contributed by atoms with Crippen LogP contribution in [-0.4, -0.2) is 39.0 Å². The maximum absolute atomic E-state index is 6.47. The monoisotopic (exact) mass is 551 g/mol. The van der Waals surface area contributed by atoms with Gasteiger partial charge in [-0.15, -0.1) is 0 Å². The lowest BCUT2D eigenvalue weighted by atomic mass is 9.87. The summed E-state index contributed by atoms with van der Waals surface area (Å²) in [5.74, 6) is 2.96. The van der Waals surface area contributed by atoms with Crippen LogP contribution in [0.15, 0.2) is 91.0 Å². The molecule has 41 heavy (non-hydrogen) atoms. The third kappa shape index (κ3) is 7.88. The Labute approximate surface area is 243 Å². The second kappa shape index (κ2) is 14.0. The largest absolute Gasteiger partial charge is 0.494 e. The Morgan fingerprint density at radius 3 is 2.44 bits per heavy atom. The zero-order valence-corrected chi connectivity index (χ0v) is 23.8. The Hall–Kier alpha value is -3.38. The molecular weight excluding hydrogens is 510 g/mol. The van der Waals surface area contributed by atoms with Crippen LogP contribution in [0.1, 0.15) is 48.3 Å². The molecule has 1 aliphatic carbocycles. The average Bonchev–Trinajstić information content (AvgIpc) is 3.86. The van der Waals surface area contributed by atoms with E-state index in [1.165, 1.54) is 34.7 Å². The first-order valence-corrected chi connectivity index (χ1v) is 15.1. The second-order valence-electron chi connectivity index (χ2n) is 11.3. The summed E-state index contributed by atoms with van der Waals surface area (Å²) in [6.45, 7) is 5.17. The molecule has 0 bridgehead atoms. The molecule has 1 aliphatic heterocycles. The third-order valence-corrected chi connectivity index (χ3v) is 8.12. The number of rotatable bonds is 14. The molecule has 1 saturated carbocycles. The van der Waals surface area contributed by atoms with Gasteiger partial charge in [0.05, 0.1) is 39.1 Å². The van der Waals surface area contributed by atoms with Crippen LogP contribution in [0.4, 0.5) is 0 Å². The fraction of sp³-hybridized carbons (Fsp3) is 0.389. The molecular formula is C36H41NO4. The van der Waals surface area contributed by atoms with Crippen LogP contribution in [0.2, 0.25) is 0 Å². The lowest BCUT2D eigenvalue weighted by Crippen LogP contribution is -2.40. The van der Waals surface area contributed by atoms with Crippen molar-refractivity contribution in [2.45, 2.75) is 50.9 Å². The van der Waals surface area contributed by atoms with Crippen molar-refractivity contribution in [2.24, 2.45) is 5.92 Å². The van der Waals surface area contributed by atoms with Crippen molar-refractivity contribution in [2.75, 3.05) is 32.9 Å². The normalized spacial score (nSPS) is 18.8. The van der Waals surface area contributed by atoms with Gasteiger partial charge in [-0.2, -0.15) is 0 Å². The van der Waals surface area contributed by atoms with Gasteiger partial charge in [-0.3, -0.25) is 0 Å². The molecule has 214 valence electrons. The number of nitrogens with one attached hydrogen (secondary N) is 1. The highest BCUT2D eigenvalue weighted by Crippen LogP contribution is 2.31. The van der Waals surface area contributed by atoms with Gasteiger partial charge in [0, 0.05) is 24.4 Å². The van der Waals surface area contributed by atoms with Crippen molar-refractivity contribution < 1.29 is 18.9 Å². The minimum absolute atomic E-state index is 0.142. The van der Waals surface area contributed by atoms with E-state index in [0.29, 0.717) is 32.3 Å². The first-order chi connectivity index (χ1) is 20.3. The predicted molar refractivity (Wildman–Crippen MR) is 164 cm³/mol. The lowest BCUT2D eigenvalue weighted by molar-refractivity contribution is 0.0106. The summed E-state index contributed by atoms with van der Waals surface area (Å²) in [5.41, 5.74) is 3.64. The highest BCUT2D eigenvalue weighted by atomic mass is 16.5. The van der Waals surface area contributed by atoms with Crippen molar-refractivity contribution >= 4 is 10.8 Å².